The van der Waals surface area contributed by atoms with Crippen LogP contribution in [-0.2, 0) is 10.0 Å². The Morgan fingerprint density at radius 3 is 2.35 bits per heavy atom. The monoisotopic (exact) mass is 436 g/mol. The minimum absolute atomic E-state index is 0.162. The van der Waals surface area contributed by atoms with Crippen molar-refractivity contribution in [1.29, 1.82) is 0 Å². The SMILES string of the molecule is O=c1[nH]c(-c2ccccc2)c(-c2ccc(S(=O)(=O)NCCCBr)cc2)o1. The smallest absolute Gasteiger partial charge is 0.407 e. The zero-order chi connectivity index (χ0) is 18.6. The molecule has 0 atom stereocenters. The number of oxazole rings is 1. The van der Waals surface area contributed by atoms with Crippen LogP contribution in [-0.4, -0.2) is 25.3 Å². The second kappa shape index (κ2) is 8.03. The molecule has 6 nitrogen and oxygen atoms in total. The number of alkyl halides is 1. The topological polar surface area (TPSA) is 92.2 Å². The summed E-state index contributed by atoms with van der Waals surface area (Å²) in [6.07, 6.45) is 0.701. The van der Waals surface area contributed by atoms with E-state index < -0.39 is 15.8 Å². The van der Waals surface area contributed by atoms with Crippen LogP contribution in [0.25, 0.3) is 22.6 Å². The van der Waals surface area contributed by atoms with Gasteiger partial charge in [-0.05, 0) is 30.7 Å². The summed E-state index contributed by atoms with van der Waals surface area (Å²) in [5, 5.41) is 0.725. The van der Waals surface area contributed by atoms with Crippen molar-refractivity contribution in [1.82, 2.24) is 9.71 Å². The molecule has 136 valence electrons. The summed E-state index contributed by atoms with van der Waals surface area (Å²) in [6, 6.07) is 15.5. The number of hydrogen-bond acceptors (Lipinski definition) is 4. The molecular weight excluding hydrogens is 420 g/mol. The van der Waals surface area contributed by atoms with Gasteiger partial charge < -0.3 is 4.42 Å². The van der Waals surface area contributed by atoms with Gasteiger partial charge in [-0.2, -0.15) is 0 Å². The van der Waals surface area contributed by atoms with Crippen molar-refractivity contribution in [2.24, 2.45) is 0 Å². The normalized spacial score (nSPS) is 11.6. The number of hydrogen-bond donors (Lipinski definition) is 2. The van der Waals surface area contributed by atoms with E-state index in [4.69, 9.17) is 4.42 Å². The van der Waals surface area contributed by atoms with Crippen molar-refractivity contribution in [2.75, 3.05) is 11.9 Å². The van der Waals surface area contributed by atoms with Gasteiger partial charge >= 0.3 is 5.76 Å². The molecule has 0 saturated carbocycles. The summed E-state index contributed by atoms with van der Waals surface area (Å²) in [5.74, 6) is -0.190. The number of halogens is 1. The Balaban J connectivity index is 1.92. The van der Waals surface area contributed by atoms with E-state index >= 15 is 0 Å². The number of H-pyrrole nitrogens is 1. The lowest BCUT2D eigenvalue weighted by atomic mass is 10.1. The first-order valence-electron chi connectivity index (χ1n) is 7.96. The lowest BCUT2D eigenvalue weighted by Gasteiger charge is -2.07. The Morgan fingerprint density at radius 1 is 1.00 bits per heavy atom. The van der Waals surface area contributed by atoms with Crippen molar-refractivity contribution >= 4 is 26.0 Å². The number of aromatic nitrogens is 1. The van der Waals surface area contributed by atoms with E-state index in [2.05, 4.69) is 25.6 Å². The van der Waals surface area contributed by atoms with Gasteiger partial charge in [0.15, 0.2) is 5.76 Å². The number of aromatic amines is 1. The van der Waals surface area contributed by atoms with Crippen LogP contribution in [0.15, 0.2) is 68.7 Å². The molecule has 3 rings (SSSR count). The predicted octanol–water partition coefficient (Wildman–Crippen LogP) is 3.37. The lowest BCUT2D eigenvalue weighted by molar-refractivity contribution is 0.528. The van der Waals surface area contributed by atoms with Gasteiger partial charge in [0.05, 0.1) is 10.6 Å². The standard InChI is InChI=1S/C18H17BrN2O4S/c19-11-4-12-20-26(23,24)15-9-7-14(8-10-15)17-16(21-18(22)25-17)13-5-2-1-3-6-13/h1-3,5-10,20H,4,11-12H2,(H,21,22). The minimum atomic E-state index is -3.56. The fraction of sp³-hybridized carbons (Fsp3) is 0.167. The summed E-state index contributed by atoms with van der Waals surface area (Å²) in [7, 11) is -3.56. The molecule has 3 aromatic rings. The molecule has 1 aromatic heterocycles. The van der Waals surface area contributed by atoms with Crippen molar-refractivity contribution in [3.8, 4) is 22.6 Å². The first-order chi connectivity index (χ1) is 12.5. The van der Waals surface area contributed by atoms with E-state index in [0.717, 1.165) is 10.9 Å². The largest absolute Gasteiger partial charge is 0.417 e. The van der Waals surface area contributed by atoms with Crippen LogP contribution in [0.4, 0.5) is 0 Å². The van der Waals surface area contributed by atoms with Crippen LogP contribution in [0.3, 0.4) is 0 Å². The summed E-state index contributed by atoms with van der Waals surface area (Å²) in [5.41, 5.74) is 1.98. The van der Waals surface area contributed by atoms with Gasteiger partial charge in [-0.25, -0.2) is 17.9 Å². The maximum absolute atomic E-state index is 12.2. The third-order valence-electron chi connectivity index (χ3n) is 3.74. The molecule has 2 aromatic carbocycles. The highest BCUT2D eigenvalue weighted by Gasteiger charge is 2.17. The number of sulfonamides is 1. The lowest BCUT2D eigenvalue weighted by Crippen LogP contribution is -2.24. The first-order valence-corrected chi connectivity index (χ1v) is 10.6. The maximum atomic E-state index is 12.2. The Bertz CT molecular complexity index is 1030. The molecule has 0 aliphatic heterocycles. The van der Waals surface area contributed by atoms with Gasteiger partial charge in [-0.15, -0.1) is 0 Å². The van der Waals surface area contributed by atoms with E-state index in [1.807, 2.05) is 30.3 Å². The summed E-state index contributed by atoms with van der Waals surface area (Å²) in [4.78, 5) is 14.5. The summed E-state index contributed by atoms with van der Waals surface area (Å²) in [6.45, 7) is 0.361. The van der Waals surface area contributed by atoms with Gasteiger partial charge in [0.1, 0.15) is 0 Å². The number of rotatable bonds is 7. The molecule has 0 spiro atoms. The molecule has 26 heavy (non-hydrogen) atoms. The second-order valence-corrected chi connectivity index (χ2v) is 8.11. The quantitative estimate of drug-likeness (QED) is 0.438. The van der Waals surface area contributed by atoms with Crippen molar-refractivity contribution in [3.63, 3.8) is 0 Å². The van der Waals surface area contributed by atoms with Crippen molar-refractivity contribution < 1.29 is 12.8 Å². The Morgan fingerprint density at radius 2 is 1.69 bits per heavy atom. The highest BCUT2D eigenvalue weighted by Crippen LogP contribution is 2.30. The second-order valence-electron chi connectivity index (χ2n) is 5.55. The Labute approximate surface area is 159 Å². The van der Waals surface area contributed by atoms with Crippen LogP contribution in [0, 0.1) is 0 Å². The average molecular weight is 437 g/mol. The third-order valence-corrected chi connectivity index (χ3v) is 5.78. The molecule has 1 heterocycles. The fourth-order valence-corrected chi connectivity index (χ4v) is 3.84. The fourth-order valence-electron chi connectivity index (χ4n) is 2.48. The molecule has 0 fully saturated rings. The van der Waals surface area contributed by atoms with Gasteiger partial charge in [-0.1, -0.05) is 46.3 Å². The van der Waals surface area contributed by atoms with Crippen LogP contribution in [0.1, 0.15) is 6.42 Å². The number of benzene rings is 2. The summed E-state index contributed by atoms with van der Waals surface area (Å²) < 4.78 is 32.3. The first kappa shape index (κ1) is 18.6. The summed E-state index contributed by atoms with van der Waals surface area (Å²) >= 11 is 3.26. The predicted molar refractivity (Wildman–Crippen MR) is 104 cm³/mol. The molecule has 0 saturated heterocycles. The van der Waals surface area contributed by atoms with E-state index in [0.29, 0.717) is 30.0 Å². The molecule has 0 radical (unpaired) electrons. The maximum Gasteiger partial charge on any atom is 0.417 e. The zero-order valence-corrected chi connectivity index (χ0v) is 16.1. The molecular formula is C18H17BrN2O4S. The molecule has 0 amide bonds. The van der Waals surface area contributed by atoms with Crippen LogP contribution >= 0.6 is 15.9 Å². The van der Waals surface area contributed by atoms with E-state index in [9.17, 15) is 13.2 Å². The Kier molecular flexibility index (Phi) is 5.75. The van der Waals surface area contributed by atoms with E-state index in [1.54, 1.807) is 12.1 Å². The molecule has 2 N–H and O–H groups in total. The zero-order valence-electron chi connectivity index (χ0n) is 13.7. The van der Waals surface area contributed by atoms with Crippen LogP contribution < -0.4 is 10.5 Å². The number of nitrogens with one attached hydrogen (secondary N) is 2. The van der Waals surface area contributed by atoms with Crippen molar-refractivity contribution in [3.05, 3.63) is 65.1 Å². The highest BCUT2D eigenvalue weighted by atomic mass is 79.9. The average Bonchev–Trinajstić information content (AvgIpc) is 3.04. The van der Waals surface area contributed by atoms with Crippen LogP contribution in [0.5, 0.6) is 0 Å². The molecule has 0 aliphatic carbocycles. The minimum Gasteiger partial charge on any atom is -0.407 e. The molecule has 8 heteroatoms. The highest BCUT2D eigenvalue weighted by molar-refractivity contribution is 9.09. The molecule has 0 unspecified atom stereocenters. The molecule has 0 bridgehead atoms. The van der Waals surface area contributed by atoms with Gasteiger partial charge in [0.25, 0.3) is 0 Å². The van der Waals surface area contributed by atoms with Crippen LogP contribution in [0.2, 0.25) is 0 Å². The third kappa shape index (κ3) is 4.14. The van der Waals surface area contributed by atoms with E-state index in [-0.39, 0.29) is 4.90 Å². The van der Waals surface area contributed by atoms with Gasteiger partial charge in [-0.3, -0.25) is 4.98 Å². The Hall–Kier alpha value is -2.16. The molecule has 0 aliphatic rings. The van der Waals surface area contributed by atoms with E-state index in [1.165, 1.54) is 12.1 Å². The van der Waals surface area contributed by atoms with Gasteiger partial charge in [0.2, 0.25) is 10.0 Å². The van der Waals surface area contributed by atoms with Crippen molar-refractivity contribution in [2.45, 2.75) is 11.3 Å². The van der Waals surface area contributed by atoms with Gasteiger partial charge in [0, 0.05) is 23.0 Å².